The van der Waals surface area contributed by atoms with Gasteiger partial charge in [0.25, 0.3) is 11.6 Å². The Morgan fingerprint density at radius 3 is 2.58 bits per heavy atom. The van der Waals surface area contributed by atoms with Gasteiger partial charge in [0.15, 0.2) is 16.6 Å². The molecule has 0 radical (unpaired) electrons. The number of thiazole rings is 1. The van der Waals surface area contributed by atoms with Crippen molar-refractivity contribution in [1.29, 1.82) is 0 Å². The van der Waals surface area contributed by atoms with E-state index in [0.29, 0.717) is 18.9 Å². The number of hydrogen-bond donors (Lipinski definition) is 1. The zero-order valence-corrected chi connectivity index (χ0v) is 17.7. The fraction of sp³-hybridized carbons (Fsp3) is 0.300. The van der Waals surface area contributed by atoms with E-state index in [1.165, 1.54) is 37.7 Å². The zero-order valence-electron chi connectivity index (χ0n) is 16.9. The van der Waals surface area contributed by atoms with Gasteiger partial charge in [-0.2, -0.15) is 0 Å². The number of hydrogen-bond acceptors (Lipinski definition) is 9. The number of nitrogens with zero attached hydrogens (tertiary/aromatic N) is 3. The predicted molar refractivity (Wildman–Crippen MR) is 117 cm³/mol. The fourth-order valence-electron chi connectivity index (χ4n) is 3.28. The van der Waals surface area contributed by atoms with Gasteiger partial charge < -0.3 is 24.4 Å². The molecule has 0 saturated carbocycles. The number of ether oxygens (including phenoxy) is 3. The maximum Gasteiger partial charge on any atom is 0.286 e. The van der Waals surface area contributed by atoms with Crippen LogP contribution in [0.15, 0.2) is 30.3 Å². The summed E-state index contributed by atoms with van der Waals surface area (Å²) in [4.78, 5) is 30.5. The molecule has 1 amide bonds. The Hall–Kier alpha value is -3.44. The maximum atomic E-state index is 12.8. The largest absolute Gasteiger partial charge is 0.493 e. The number of methoxy groups -OCH3 is 2. The highest BCUT2D eigenvalue weighted by molar-refractivity contribution is 7.22. The molecule has 1 N–H and O–H groups in total. The smallest absolute Gasteiger partial charge is 0.286 e. The van der Waals surface area contributed by atoms with Crippen molar-refractivity contribution in [2.75, 3.05) is 50.7 Å². The third kappa shape index (κ3) is 4.23. The highest BCUT2D eigenvalue weighted by Gasteiger charge is 2.25. The summed E-state index contributed by atoms with van der Waals surface area (Å²) in [6.07, 6.45) is 0. The molecule has 11 heteroatoms. The van der Waals surface area contributed by atoms with Crippen molar-refractivity contribution in [1.82, 2.24) is 4.98 Å². The molecule has 1 aliphatic heterocycles. The average Bonchev–Trinajstić information content (AvgIpc) is 3.22. The van der Waals surface area contributed by atoms with Crippen LogP contribution in [0.25, 0.3) is 10.2 Å². The lowest BCUT2D eigenvalue weighted by molar-refractivity contribution is -0.385. The third-order valence-electron chi connectivity index (χ3n) is 4.86. The molecule has 0 aliphatic carbocycles. The number of nitro groups is 1. The van der Waals surface area contributed by atoms with Gasteiger partial charge in [-0.1, -0.05) is 11.3 Å². The lowest BCUT2D eigenvalue weighted by atomic mass is 10.1. The molecule has 31 heavy (non-hydrogen) atoms. The summed E-state index contributed by atoms with van der Waals surface area (Å²) >= 11 is 1.52. The van der Waals surface area contributed by atoms with Gasteiger partial charge in [-0.25, -0.2) is 4.98 Å². The molecular weight excluding hydrogens is 424 g/mol. The van der Waals surface area contributed by atoms with E-state index >= 15 is 0 Å². The Labute approximate surface area is 181 Å². The number of carbonyl (C=O) groups is 1. The van der Waals surface area contributed by atoms with E-state index in [9.17, 15) is 14.9 Å². The van der Waals surface area contributed by atoms with Gasteiger partial charge in [0.05, 0.1) is 48.6 Å². The van der Waals surface area contributed by atoms with Crippen molar-refractivity contribution in [3.05, 3.63) is 46.0 Å². The summed E-state index contributed by atoms with van der Waals surface area (Å²) in [5.74, 6) is -0.219. The summed E-state index contributed by atoms with van der Waals surface area (Å²) in [5, 5.41) is 15.1. The number of fused-ring (bicyclic) bond motifs is 1. The minimum Gasteiger partial charge on any atom is -0.493 e. The van der Waals surface area contributed by atoms with Crippen LogP contribution in [0.2, 0.25) is 0 Å². The number of aromatic nitrogens is 1. The molecule has 2 heterocycles. The maximum absolute atomic E-state index is 12.8. The van der Waals surface area contributed by atoms with Gasteiger partial charge in [0.1, 0.15) is 5.56 Å². The Morgan fingerprint density at radius 2 is 1.90 bits per heavy atom. The van der Waals surface area contributed by atoms with Gasteiger partial charge in [-0.05, 0) is 18.2 Å². The Balaban J connectivity index is 1.61. The van der Waals surface area contributed by atoms with E-state index in [-0.39, 0.29) is 22.7 Å². The van der Waals surface area contributed by atoms with Gasteiger partial charge in [-0.3, -0.25) is 14.9 Å². The first-order chi connectivity index (χ1) is 15.0. The van der Waals surface area contributed by atoms with Gasteiger partial charge in [-0.15, -0.1) is 0 Å². The Bertz CT molecular complexity index is 1140. The van der Waals surface area contributed by atoms with E-state index in [0.717, 1.165) is 28.4 Å². The van der Waals surface area contributed by atoms with E-state index in [1.807, 2.05) is 6.07 Å². The minimum atomic E-state index is -0.627. The molecule has 0 atom stereocenters. The predicted octanol–water partition coefficient (Wildman–Crippen LogP) is 3.31. The molecule has 1 saturated heterocycles. The zero-order chi connectivity index (χ0) is 22.0. The van der Waals surface area contributed by atoms with Crippen molar-refractivity contribution in [3.63, 3.8) is 0 Å². The van der Waals surface area contributed by atoms with Crippen LogP contribution in [0, 0.1) is 10.1 Å². The first kappa shape index (κ1) is 20.8. The van der Waals surface area contributed by atoms with E-state index < -0.39 is 10.8 Å². The summed E-state index contributed by atoms with van der Waals surface area (Å²) in [6, 6.07) is 7.81. The van der Waals surface area contributed by atoms with Crippen molar-refractivity contribution in [3.8, 4) is 11.5 Å². The number of carbonyl (C=O) groups excluding carboxylic acids is 1. The molecule has 1 fully saturated rings. The number of nitrogens with one attached hydrogen (secondary N) is 1. The second-order valence-corrected chi connectivity index (χ2v) is 7.72. The second-order valence-electron chi connectivity index (χ2n) is 6.71. The van der Waals surface area contributed by atoms with E-state index in [4.69, 9.17) is 14.2 Å². The lowest BCUT2D eigenvalue weighted by Crippen LogP contribution is -2.36. The van der Waals surface area contributed by atoms with Gasteiger partial charge in [0, 0.05) is 24.8 Å². The summed E-state index contributed by atoms with van der Waals surface area (Å²) in [6.45, 7) is 2.90. The molecule has 3 aromatic rings. The van der Waals surface area contributed by atoms with Crippen molar-refractivity contribution in [2.45, 2.75) is 0 Å². The minimum absolute atomic E-state index is 0.124. The van der Waals surface area contributed by atoms with Crippen LogP contribution < -0.4 is 19.7 Å². The summed E-state index contributed by atoms with van der Waals surface area (Å²) < 4.78 is 16.6. The van der Waals surface area contributed by atoms with Crippen LogP contribution in [-0.4, -0.2) is 56.3 Å². The average molecular weight is 444 g/mol. The highest BCUT2D eigenvalue weighted by atomic mass is 32.1. The van der Waals surface area contributed by atoms with E-state index in [1.54, 1.807) is 12.1 Å². The van der Waals surface area contributed by atoms with Crippen LogP contribution >= 0.6 is 11.3 Å². The molecule has 2 aromatic carbocycles. The molecule has 4 rings (SSSR count). The molecule has 0 unspecified atom stereocenters. The topological polar surface area (TPSA) is 116 Å². The van der Waals surface area contributed by atoms with Crippen molar-refractivity contribution >= 4 is 44.0 Å². The monoisotopic (exact) mass is 444 g/mol. The molecular formula is C20H20N4O6S. The van der Waals surface area contributed by atoms with Crippen LogP contribution in [0.1, 0.15) is 10.4 Å². The van der Waals surface area contributed by atoms with Gasteiger partial charge >= 0.3 is 0 Å². The molecule has 10 nitrogen and oxygen atoms in total. The lowest BCUT2D eigenvalue weighted by Gasteiger charge is -2.25. The first-order valence-electron chi connectivity index (χ1n) is 9.45. The summed E-state index contributed by atoms with van der Waals surface area (Å²) in [5.41, 5.74) is 0.838. The van der Waals surface area contributed by atoms with Gasteiger partial charge in [0.2, 0.25) is 0 Å². The Morgan fingerprint density at radius 1 is 1.19 bits per heavy atom. The number of benzene rings is 2. The van der Waals surface area contributed by atoms with E-state index in [2.05, 4.69) is 15.2 Å². The molecule has 1 aromatic heterocycles. The molecule has 0 bridgehead atoms. The Kier molecular flexibility index (Phi) is 5.87. The third-order valence-corrected chi connectivity index (χ3v) is 5.94. The summed E-state index contributed by atoms with van der Waals surface area (Å²) in [7, 11) is 2.77. The molecule has 0 spiro atoms. The number of anilines is 2. The van der Waals surface area contributed by atoms with Crippen LogP contribution in [0.3, 0.4) is 0 Å². The van der Waals surface area contributed by atoms with Crippen LogP contribution in [-0.2, 0) is 4.74 Å². The molecule has 1 aliphatic rings. The van der Waals surface area contributed by atoms with Crippen LogP contribution in [0.5, 0.6) is 11.5 Å². The quantitative estimate of drug-likeness (QED) is 0.455. The first-order valence-corrected chi connectivity index (χ1v) is 10.3. The number of nitro benzene ring substituents is 1. The fourth-order valence-corrected chi connectivity index (χ4v) is 4.34. The number of rotatable bonds is 6. The second kappa shape index (κ2) is 8.74. The highest BCUT2D eigenvalue weighted by Crippen LogP contribution is 2.35. The number of morpholine rings is 1. The SMILES string of the molecule is COc1cc(C(=O)Nc2ccc3nc(N4CCOCC4)sc3c2)c([N+](=O)[O-])cc1OC. The standard InChI is InChI=1S/C20H20N4O6S/c1-28-16-10-13(15(24(26)27)11-17(16)29-2)19(25)21-12-3-4-14-18(9-12)31-20(22-14)23-5-7-30-8-6-23/h3-4,9-11H,5-8H2,1-2H3,(H,21,25). The molecule has 162 valence electrons. The van der Waals surface area contributed by atoms with Crippen molar-refractivity contribution < 1.29 is 23.9 Å². The van der Waals surface area contributed by atoms with Crippen LogP contribution in [0.4, 0.5) is 16.5 Å². The number of amides is 1. The van der Waals surface area contributed by atoms with Crippen molar-refractivity contribution in [2.24, 2.45) is 0 Å². The normalized spacial score (nSPS) is 13.8.